The molecule has 134 valence electrons. The molecule has 0 bridgehead atoms. The van der Waals surface area contributed by atoms with E-state index >= 15 is 0 Å². The van der Waals surface area contributed by atoms with Gasteiger partial charge in [0.1, 0.15) is 5.82 Å². The molecule has 1 aromatic carbocycles. The van der Waals surface area contributed by atoms with Crippen LogP contribution in [0.15, 0.2) is 49.3 Å². The third kappa shape index (κ3) is 3.12. The number of carbonyl (C=O) groups is 1. The fourth-order valence-electron chi connectivity index (χ4n) is 3.33. The third-order valence-corrected chi connectivity index (χ3v) is 4.91. The van der Waals surface area contributed by atoms with Crippen LogP contribution in [0, 0.1) is 5.82 Å². The van der Waals surface area contributed by atoms with Gasteiger partial charge in [-0.3, -0.25) is 4.79 Å². The van der Waals surface area contributed by atoms with Crippen molar-refractivity contribution < 1.29 is 9.18 Å². The second-order valence-corrected chi connectivity index (χ2v) is 6.67. The van der Waals surface area contributed by atoms with Gasteiger partial charge in [0, 0.05) is 44.5 Å². The Morgan fingerprint density at radius 3 is 2.54 bits per heavy atom. The molecule has 0 saturated carbocycles. The van der Waals surface area contributed by atoms with E-state index in [4.69, 9.17) is 0 Å². The van der Waals surface area contributed by atoms with E-state index in [9.17, 15) is 9.18 Å². The molecule has 2 aliphatic heterocycles. The van der Waals surface area contributed by atoms with E-state index in [-0.39, 0.29) is 17.8 Å². The third-order valence-electron chi connectivity index (χ3n) is 4.91. The zero-order valence-corrected chi connectivity index (χ0v) is 14.3. The molecular formula is C19H20FN5O. The Hall–Kier alpha value is -2.96. The predicted molar refractivity (Wildman–Crippen MR) is 97.6 cm³/mol. The molecule has 2 saturated heterocycles. The zero-order chi connectivity index (χ0) is 18.1. The molecule has 6 nitrogen and oxygen atoms in total. The van der Waals surface area contributed by atoms with Crippen LogP contribution in [0.1, 0.15) is 11.5 Å². The number of amides is 1. The first-order chi connectivity index (χ1) is 12.6. The van der Waals surface area contributed by atoms with E-state index in [1.54, 1.807) is 17.3 Å². The van der Waals surface area contributed by atoms with Gasteiger partial charge in [0.05, 0.1) is 6.04 Å². The van der Waals surface area contributed by atoms with Crippen molar-refractivity contribution in [3.05, 3.63) is 60.7 Å². The van der Waals surface area contributed by atoms with Crippen LogP contribution in [0.25, 0.3) is 0 Å². The fraction of sp³-hybridized carbons (Fsp3) is 0.316. The number of aromatic nitrogens is 2. The van der Waals surface area contributed by atoms with Crippen molar-refractivity contribution in [2.45, 2.75) is 12.0 Å². The molecule has 0 radical (unpaired) electrons. The number of nitrogens with zero attached hydrogens (tertiary/aromatic N) is 4. The highest BCUT2D eigenvalue weighted by molar-refractivity contribution is 5.87. The lowest BCUT2D eigenvalue weighted by Crippen LogP contribution is -2.57. The van der Waals surface area contributed by atoms with Crippen molar-refractivity contribution in [2.75, 3.05) is 36.4 Å². The lowest BCUT2D eigenvalue weighted by atomic mass is 9.91. The first-order valence-corrected chi connectivity index (χ1v) is 8.63. The van der Waals surface area contributed by atoms with Crippen LogP contribution in [0.4, 0.5) is 16.0 Å². The minimum Gasteiger partial charge on any atom is -0.361 e. The largest absolute Gasteiger partial charge is 0.361 e. The number of hydrogen-bond donors (Lipinski definition) is 1. The Bertz CT molecular complexity index is 813. The molecule has 0 unspecified atom stereocenters. The molecule has 26 heavy (non-hydrogen) atoms. The van der Waals surface area contributed by atoms with Gasteiger partial charge in [-0.05, 0) is 23.8 Å². The van der Waals surface area contributed by atoms with Crippen molar-refractivity contribution in [2.24, 2.45) is 0 Å². The average molecular weight is 353 g/mol. The molecule has 2 aliphatic rings. The standard InChI is InChI=1S/C19H20FN5O/c1-2-17(26)24-11-16(12-24)23-18-19(22-8-7-21-18)25-9-14(10-25)13-3-5-15(20)6-4-13/h2-8,14,16H,1,9-12H2,(H,21,23). The van der Waals surface area contributed by atoms with Crippen LogP contribution in [0.3, 0.4) is 0 Å². The normalized spacial score (nSPS) is 17.4. The van der Waals surface area contributed by atoms with E-state index in [0.29, 0.717) is 19.0 Å². The van der Waals surface area contributed by atoms with Gasteiger partial charge in [-0.1, -0.05) is 18.7 Å². The van der Waals surface area contributed by atoms with Crippen LogP contribution in [-0.2, 0) is 4.79 Å². The van der Waals surface area contributed by atoms with Crippen molar-refractivity contribution in [1.82, 2.24) is 14.9 Å². The molecule has 2 fully saturated rings. The van der Waals surface area contributed by atoms with Crippen LogP contribution in [0.2, 0.25) is 0 Å². The molecule has 3 heterocycles. The highest BCUT2D eigenvalue weighted by atomic mass is 19.1. The maximum Gasteiger partial charge on any atom is 0.246 e. The number of likely N-dealkylation sites (tertiary alicyclic amines) is 1. The molecule has 7 heteroatoms. The van der Waals surface area contributed by atoms with Gasteiger partial charge in [-0.15, -0.1) is 0 Å². The smallest absolute Gasteiger partial charge is 0.246 e. The van der Waals surface area contributed by atoms with Gasteiger partial charge < -0.3 is 15.1 Å². The van der Waals surface area contributed by atoms with Crippen molar-refractivity contribution in [3.8, 4) is 0 Å². The summed E-state index contributed by atoms with van der Waals surface area (Å²) in [7, 11) is 0. The Balaban J connectivity index is 1.38. The van der Waals surface area contributed by atoms with Crippen molar-refractivity contribution in [1.29, 1.82) is 0 Å². The highest BCUT2D eigenvalue weighted by Crippen LogP contribution is 2.34. The summed E-state index contributed by atoms with van der Waals surface area (Å²) < 4.78 is 13.1. The molecule has 0 aliphatic carbocycles. The summed E-state index contributed by atoms with van der Waals surface area (Å²) >= 11 is 0. The summed E-state index contributed by atoms with van der Waals surface area (Å²) in [4.78, 5) is 24.3. The predicted octanol–water partition coefficient (Wildman–Crippen LogP) is 2.03. The summed E-state index contributed by atoms with van der Waals surface area (Å²) in [5.41, 5.74) is 1.14. The number of halogens is 1. The minimum absolute atomic E-state index is 0.0488. The summed E-state index contributed by atoms with van der Waals surface area (Å²) in [5, 5.41) is 3.37. The summed E-state index contributed by atoms with van der Waals surface area (Å²) in [6.45, 7) is 6.43. The first kappa shape index (κ1) is 16.5. The molecule has 4 rings (SSSR count). The van der Waals surface area contributed by atoms with Gasteiger partial charge >= 0.3 is 0 Å². The maximum absolute atomic E-state index is 13.1. The zero-order valence-electron chi connectivity index (χ0n) is 14.3. The Kier molecular flexibility index (Phi) is 4.28. The Labute approximate surface area is 151 Å². The van der Waals surface area contributed by atoms with Gasteiger partial charge in [0.2, 0.25) is 5.91 Å². The molecule has 2 aromatic rings. The van der Waals surface area contributed by atoms with Gasteiger partial charge in [0.25, 0.3) is 0 Å². The molecule has 0 spiro atoms. The summed E-state index contributed by atoms with van der Waals surface area (Å²) in [5.74, 6) is 1.66. The van der Waals surface area contributed by atoms with Crippen LogP contribution >= 0.6 is 0 Å². The Morgan fingerprint density at radius 1 is 1.15 bits per heavy atom. The quantitative estimate of drug-likeness (QED) is 0.834. The van der Waals surface area contributed by atoms with Crippen molar-refractivity contribution in [3.63, 3.8) is 0 Å². The van der Waals surface area contributed by atoms with Crippen LogP contribution < -0.4 is 10.2 Å². The van der Waals surface area contributed by atoms with E-state index in [1.807, 2.05) is 12.1 Å². The number of hydrogen-bond acceptors (Lipinski definition) is 5. The van der Waals surface area contributed by atoms with Crippen molar-refractivity contribution >= 4 is 17.5 Å². The average Bonchev–Trinajstić information content (AvgIpc) is 2.58. The molecule has 1 N–H and O–H groups in total. The number of carbonyl (C=O) groups excluding carboxylic acids is 1. The lowest BCUT2D eigenvalue weighted by Gasteiger charge is -2.42. The van der Waals surface area contributed by atoms with E-state index in [2.05, 4.69) is 26.8 Å². The highest BCUT2D eigenvalue weighted by Gasteiger charge is 2.33. The summed E-state index contributed by atoms with van der Waals surface area (Å²) in [6.07, 6.45) is 4.67. The second-order valence-electron chi connectivity index (χ2n) is 6.67. The fourth-order valence-corrected chi connectivity index (χ4v) is 3.33. The maximum atomic E-state index is 13.1. The number of benzene rings is 1. The van der Waals surface area contributed by atoms with Gasteiger partial charge in [-0.25, -0.2) is 14.4 Å². The number of anilines is 2. The topological polar surface area (TPSA) is 61.4 Å². The number of rotatable bonds is 5. The van der Waals surface area contributed by atoms with Crippen LogP contribution in [0.5, 0.6) is 0 Å². The minimum atomic E-state index is -0.213. The van der Waals surface area contributed by atoms with Gasteiger partial charge in [0.15, 0.2) is 11.6 Å². The van der Waals surface area contributed by atoms with E-state index in [0.717, 1.165) is 30.3 Å². The SMILES string of the molecule is C=CC(=O)N1CC(Nc2nccnc2N2CC(c3ccc(F)cc3)C2)C1. The lowest BCUT2D eigenvalue weighted by molar-refractivity contribution is -0.129. The molecule has 0 atom stereocenters. The van der Waals surface area contributed by atoms with E-state index in [1.165, 1.54) is 18.2 Å². The first-order valence-electron chi connectivity index (χ1n) is 8.63. The molecular weight excluding hydrogens is 333 g/mol. The molecule has 1 aromatic heterocycles. The van der Waals surface area contributed by atoms with Gasteiger partial charge in [-0.2, -0.15) is 0 Å². The summed E-state index contributed by atoms with van der Waals surface area (Å²) in [6, 6.07) is 6.85. The number of nitrogens with one attached hydrogen (secondary N) is 1. The van der Waals surface area contributed by atoms with Crippen LogP contribution in [-0.4, -0.2) is 53.0 Å². The monoisotopic (exact) mass is 353 g/mol. The molecule has 1 amide bonds. The second kappa shape index (κ2) is 6.74. The van der Waals surface area contributed by atoms with E-state index < -0.39 is 0 Å². The Morgan fingerprint density at radius 2 is 1.85 bits per heavy atom.